The van der Waals surface area contributed by atoms with Gasteiger partial charge in [-0.3, -0.25) is 14.4 Å². The van der Waals surface area contributed by atoms with Crippen molar-refractivity contribution in [2.24, 2.45) is 0 Å². The second-order valence-corrected chi connectivity index (χ2v) is 4.37. The van der Waals surface area contributed by atoms with Gasteiger partial charge in [-0.05, 0) is 11.6 Å². The molecule has 0 saturated carbocycles. The third-order valence-electron chi connectivity index (χ3n) is 2.31. The zero-order chi connectivity index (χ0) is 16.2. The first-order valence-electron chi connectivity index (χ1n) is 5.64. The van der Waals surface area contributed by atoms with Gasteiger partial charge in [0.15, 0.2) is 11.5 Å². The molecule has 21 heavy (non-hydrogen) atoms. The van der Waals surface area contributed by atoms with E-state index in [4.69, 9.17) is 26.2 Å². The Balaban J connectivity index is 3.41. The van der Waals surface area contributed by atoms with Gasteiger partial charge in [-0.25, -0.2) is 0 Å². The second-order valence-electron chi connectivity index (χ2n) is 3.96. The van der Waals surface area contributed by atoms with Gasteiger partial charge in [-0.15, -0.1) is 0 Å². The van der Waals surface area contributed by atoms with Crippen molar-refractivity contribution < 1.29 is 33.8 Å². The number of carboxylic acid groups (broad SMARTS) is 1. The summed E-state index contributed by atoms with van der Waals surface area (Å²) < 4.78 is 9.65. The van der Waals surface area contributed by atoms with Crippen molar-refractivity contribution in [3.63, 3.8) is 0 Å². The van der Waals surface area contributed by atoms with Crippen molar-refractivity contribution >= 4 is 35.8 Å². The van der Waals surface area contributed by atoms with Crippen LogP contribution in [0.1, 0.15) is 25.3 Å². The number of rotatable bonds is 5. The minimum absolute atomic E-state index is 0.0775. The third-order valence-corrected chi connectivity index (χ3v) is 2.63. The Labute approximate surface area is 124 Å². The molecule has 0 aliphatic rings. The van der Waals surface area contributed by atoms with Crippen LogP contribution in [0.25, 0.3) is 0 Å². The average Bonchev–Trinajstić information content (AvgIpc) is 2.33. The largest absolute Gasteiger partial charge is 0.480 e. The maximum Gasteiger partial charge on any atom is 0.318 e. The minimum Gasteiger partial charge on any atom is -0.480 e. The molecule has 0 aliphatic carbocycles. The standard InChI is InChI=1S/C13H11ClO7/c1-6(16)20-11-3-8(9(5-15)13(18)19)10(14)4-12(11)21-7(2)17/h3-5,9H,1-2H3,(H,18,19). The SMILES string of the molecule is CC(=O)Oc1cc(Cl)c(C(C=O)C(=O)O)cc1OC(C)=O. The predicted molar refractivity (Wildman–Crippen MR) is 70.5 cm³/mol. The Bertz CT molecular complexity index is 609. The topological polar surface area (TPSA) is 107 Å². The van der Waals surface area contributed by atoms with Crippen LogP contribution in [-0.4, -0.2) is 29.3 Å². The monoisotopic (exact) mass is 314 g/mol. The van der Waals surface area contributed by atoms with Gasteiger partial charge in [0.25, 0.3) is 0 Å². The summed E-state index contributed by atoms with van der Waals surface area (Å²) in [5, 5.41) is 8.85. The first kappa shape index (κ1) is 16.6. The van der Waals surface area contributed by atoms with E-state index in [0.29, 0.717) is 0 Å². The number of benzene rings is 1. The molecule has 0 heterocycles. The van der Waals surface area contributed by atoms with Crippen LogP contribution in [0, 0.1) is 0 Å². The van der Waals surface area contributed by atoms with Gasteiger partial charge in [0.05, 0.1) is 0 Å². The average molecular weight is 315 g/mol. The Kier molecular flexibility index (Phi) is 5.43. The minimum atomic E-state index is -1.53. The van der Waals surface area contributed by atoms with Crippen molar-refractivity contribution in [2.45, 2.75) is 19.8 Å². The van der Waals surface area contributed by atoms with Crippen molar-refractivity contribution in [2.75, 3.05) is 0 Å². The van der Waals surface area contributed by atoms with Gasteiger partial charge in [-0.2, -0.15) is 0 Å². The van der Waals surface area contributed by atoms with E-state index >= 15 is 0 Å². The first-order chi connectivity index (χ1) is 9.76. The number of carbonyl (C=O) groups is 4. The van der Waals surface area contributed by atoms with E-state index in [1.807, 2.05) is 0 Å². The molecule has 0 radical (unpaired) electrons. The molecule has 1 aromatic carbocycles. The van der Waals surface area contributed by atoms with Crippen LogP contribution in [0.5, 0.6) is 11.5 Å². The van der Waals surface area contributed by atoms with Gasteiger partial charge in [0.1, 0.15) is 12.2 Å². The summed E-state index contributed by atoms with van der Waals surface area (Å²) in [5.41, 5.74) is -0.0775. The number of hydrogen-bond donors (Lipinski definition) is 1. The predicted octanol–water partition coefficient (Wildman–Crippen LogP) is 1.56. The molecule has 7 nitrogen and oxygen atoms in total. The fourth-order valence-corrected chi connectivity index (χ4v) is 1.79. The third kappa shape index (κ3) is 4.28. The van der Waals surface area contributed by atoms with Crippen LogP contribution in [0.15, 0.2) is 12.1 Å². The molecule has 8 heteroatoms. The summed E-state index contributed by atoms with van der Waals surface area (Å²) in [4.78, 5) is 43.9. The van der Waals surface area contributed by atoms with Gasteiger partial charge >= 0.3 is 17.9 Å². The van der Waals surface area contributed by atoms with Crippen molar-refractivity contribution in [1.29, 1.82) is 0 Å². The fraction of sp³-hybridized carbons (Fsp3) is 0.231. The summed E-state index contributed by atoms with van der Waals surface area (Å²) in [5.74, 6) is -4.70. The van der Waals surface area contributed by atoms with Gasteiger partial charge in [0, 0.05) is 24.9 Å². The van der Waals surface area contributed by atoms with Gasteiger partial charge < -0.3 is 19.4 Å². The molecule has 0 amide bonds. The number of carbonyl (C=O) groups excluding carboxylic acids is 3. The number of ether oxygens (including phenoxy) is 2. The maximum absolute atomic E-state index is 11.0. The number of carboxylic acids is 1. The summed E-state index contributed by atoms with van der Waals surface area (Å²) in [6.07, 6.45) is 0.187. The zero-order valence-electron chi connectivity index (χ0n) is 11.1. The van der Waals surface area contributed by atoms with E-state index in [1.54, 1.807) is 0 Å². The van der Waals surface area contributed by atoms with E-state index in [0.717, 1.165) is 26.0 Å². The van der Waals surface area contributed by atoms with E-state index in [-0.39, 0.29) is 28.4 Å². The molecule has 1 rings (SSSR count). The molecule has 1 unspecified atom stereocenters. The molecule has 0 saturated heterocycles. The lowest BCUT2D eigenvalue weighted by molar-refractivity contribution is -0.140. The molecule has 0 fully saturated rings. The molecule has 1 N–H and O–H groups in total. The molecule has 0 aromatic heterocycles. The summed E-state index contributed by atoms with van der Waals surface area (Å²) >= 11 is 5.88. The highest BCUT2D eigenvalue weighted by Crippen LogP contribution is 2.36. The molecule has 0 aliphatic heterocycles. The van der Waals surface area contributed by atoms with Gasteiger partial charge in [-0.1, -0.05) is 11.6 Å². The normalized spacial score (nSPS) is 11.4. The zero-order valence-corrected chi connectivity index (χ0v) is 11.8. The summed E-state index contributed by atoms with van der Waals surface area (Å²) in [6, 6.07) is 2.19. The lowest BCUT2D eigenvalue weighted by Gasteiger charge is -2.14. The van der Waals surface area contributed by atoms with Crippen molar-refractivity contribution in [3.8, 4) is 11.5 Å². The molecular weight excluding hydrogens is 304 g/mol. The molecule has 112 valence electrons. The van der Waals surface area contributed by atoms with Crippen LogP contribution in [0.4, 0.5) is 0 Å². The number of hydrogen-bond acceptors (Lipinski definition) is 6. The fourth-order valence-electron chi connectivity index (χ4n) is 1.52. The van der Waals surface area contributed by atoms with E-state index in [2.05, 4.69) is 0 Å². The van der Waals surface area contributed by atoms with Gasteiger partial charge in [0.2, 0.25) is 0 Å². The maximum atomic E-state index is 11.0. The second kappa shape index (κ2) is 6.85. The molecular formula is C13H11ClO7. The Morgan fingerprint density at radius 2 is 1.62 bits per heavy atom. The van der Waals surface area contributed by atoms with E-state index in [1.165, 1.54) is 0 Å². The molecule has 0 spiro atoms. The number of aliphatic carboxylic acids is 1. The molecule has 1 aromatic rings. The lowest BCUT2D eigenvalue weighted by atomic mass is 10.00. The Morgan fingerprint density at radius 1 is 1.14 bits per heavy atom. The van der Waals surface area contributed by atoms with Crippen LogP contribution >= 0.6 is 11.6 Å². The Morgan fingerprint density at radius 3 is 2.00 bits per heavy atom. The van der Waals surface area contributed by atoms with Crippen LogP contribution in [0.3, 0.4) is 0 Å². The Hall–Kier alpha value is -2.41. The highest BCUT2D eigenvalue weighted by atomic mass is 35.5. The molecule has 1 atom stereocenters. The quantitative estimate of drug-likeness (QED) is 0.380. The molecule has 0 bridgehead atoms. The number of halogens is 1. The van der Waals surface area contributed by atoms with E-state index in [9.17, 15) is 19.2 Å². The van der Waals surface area contributed by atoms with Crippen molar-refractivity contribution in [1.82, 2.24) is 0 Å². The van der Waals surface area contributed by atoms with Crippen LogP contribution < -0.4 is 9.47 Å². The number of esters is 2. The smallest absolute Gasteiger partial charge is 0.318 e. The highest BCUT2D eigenvalue weighted by molar-refractivity contribution is 6.32. The first-order valence-corrected chi connectivity index (χ1v) is 6.02. The summed E-state index contributed by atoms with van der Waals surface area (Å²) in [6.45, 7) is 2.24. The lowest BCUT2D eigenvalue weighted by Crippen LogP contribution is -2.14. The van der Waals surface area contributed by atoms with Crippen LogP contribution in [-0.2, 0) is 19.2 Å². The highest BCUT2D eigenvalue weighted by Gasteiger charge is 2.25. The number of aldehydes is 1. The summed E-state index contributed by atoms with van der Waals surface area (Å²) in [7, 11) is 0. The van der Waals surface area contributed by atoms with E-state index < -0.39 is 23.8 Å². The van der Waals surface area contributed by atoms with Crippen molar-refractivity contribution in [3.05, 3.63) is 22.7 Å². The van der Waals surface area contributed by atoms with Crippen LogP contribution in [0.2, 0.25) is 5.02 Å².